The van der Waals surface area contributed by atoms with Gasteiger partial charge in [0.2, 0.25) is 0 Å². The molecule has 0 saturated heterocycles. The van der Waals surface area contributed by atoms with E-state index in [1.807, 2.05) is 26.0 Å². The van der Waals surface area contributed by atoms with Gasteiger partial charge in [0.25, 0.3) is 5.91 Å². The molecule has 0 aliphatic rings. The van der Waals surface area contributed by atoms with Gasteiger partial charge in [-0.15, -0.1) is 0 Å². The SMILES string of the molecule is CCN(CC)C(=O)C(C)Oc1c(CN)cccc1OC. The largest absolute Gasteiger partial charge is 0.493 e. The summed E-state index contributed by atoms with van der Waals surface area (Å²) in [6, 6.07) is 5.51. The van der Waals surface area contributed by atoms with E-state index in [1.54, 1.807) is 25.0 Å². The molecule has 1 aromatic rings. The number of ether oxygens (including phenoxy) is 2. The Morgan fingerprint density at radius 1 is 1.35 bits per heavy atom. The van der Waals surface area contributed by atoms with Crippen LogP contribution in [0.15, 0.2) is 18.2 Å². The molecule has 0 fully saturated rings. The van der Waals surface area contributed by atoms with Gasteiger partial charge in [-0.1, -0.05) is 12.1 Å². The van der Waals surface area contributed by atoms with Crippen LogP contribution in [0, 0.1) is 0 Å². The zero-order valence-electron chi connectivity index (χ0n) is 12.7. The van der Waals surface area contributed by atoms with Gasteiger partial charge in [0.05, 0.1) is 7.11 Å². The molecule has 0 radical (unpaired) electrons. The Kier molecular flexibility index (Phi) is 6.31. The van der Waals surface area contributed by atoms with E-state index < -0.39 is 6.10 Å². The summed E-state index contributed by atoms with van der Waals surface area (Å²) in [5.41, 5.74) is 6.53. The van der Waals surface area contributed by atoms with Crippen LogP contribution < -0.4 is 15.2 Å². The zero-order chi connectivity index (χ0) is 15.1. The van der Waals surface area contributed by atoms with E-state index in [2.05, 4.69) is 0 Å². The fourth-order valence-corrected chi connectivity index (χ4v) is 2.04. The molecule has 0 heterocycles. The van der Waals surface area contributed by atoms with E-state index >= 15 is 0 Å². The third-order valence-electron chi connectivity index (χ3n) is 3.22. The summed E-state index contributed by atoms with van der Waals surface area (Å²) in [6.07, 6.45) is -0.573. The number of amides is 1. The van der Waals surface area contributed by atoms with Gasteiger partial charge in [0, 0.05) is 25.2 Å². The highest BCUT2D eigenvalue weighted by Gasteiger charge is 2.22. The normalized spacial score (nSPS) is 11.8. The van der Waals surface area contributed by atoms with Gasteiger partial charge in [0.15, 0.2) is 17.6 Å². The van der Waals surface area contributed by atoms with Crippen LogP contribution in [0.5, 0.6) is 11.5 Å². The van der Waals surface area contributed by atoms with Crippen molar-refractivity contribution in [3.8, 4) is 11.5 Å². The standard InChI is InChI=1S/C15H24N2O3/c1-5-17(6-2)15(18)11(3)20-14-12(10-16)8-7-9-13(14)19-4/h7-9,11H,5-6,10,16H2,1-4H3. The average molecular weight is 280 g/mol. The zero-order valence-corrected chi connectivity index (χ0v) is 12.7. The van der Waals surface area contributed by atoms with Crippen LogP contribution in [0.25, 0.3) is 0 Å². The van der Waals surface area contributed by atoms with Crippen molar-refractivity contribution in [2.45, 2.75) is 33.4 Å². The lowest BCUT2D eigenvalue weighted by Gasteiger charge is -2.24. The maximum Gasteiger partial charge on any atom is 0.263 e. The van der Waals surface area contributed by atoms with Crippen LogP contribution in [-0.4, -0.2) is 37.1 Å². The van der Waals surface area contributed by atoms with E-state index in [-0.39, 0.29) is 5.91 Å². The number of nitrogens with zero attached hydrogens (tertiary/aromatic N) is 1. The molecule has 5 heteroatoms. The predicted molar refractivity (Wildman–Crippen MR) is 78.9 cm³/mol. The lowest BCUT2D eigenvalue weighted by Crippen LogP contribution is -2.40. The van der Waals surface area contributed by atoms with Gasteiger partial charge in [-0.05, 0) is 26.8 Å². The Labute approximate surface area is 120 Å². The number of nitrogens with two attached hydrogens (primary N) is 1. The van der Waals surface area contributed by atoms with Crippen molar-refractivity contribution in [3.63, 3.8) is 0 Å². The van der Waals surface area contributed by atoms with Crippen molar-refractivity contribution in [3.05, 3.63) is 23.8 Å². The van der Waals surface area contributed by atoms with Gasteiger partial charge in [-0.3, -0.25) is 4.79 Å². The molecule has 112 valence electrons. The van der Waals surface area contributed by atoms with Crippen molar-refractivity contribution in [2.75, 3.05) is 20.2 Å². The van der Waals surface area contributed by atoms with Gasteiger partial charge in [-0.2, -0.15) is 0 Å². The molecule has 20 heavy (non-hydrogen) atoms. The number of hydrogen-bond donors (Lipinski definition) is 1. The van der Waals surface area contributed by atoms with Crippen LogP contribution in [0.4, 0.5) is 0 Å². The van der Waals surface area contributed by atoms with E-state index in [0.717, 1.165) is 5.56 Å². The van der Waals surface area contributed by atoms with Crippen LogP contribution in [0.1, 0.15) is 26.3 Å². The predicted octanol–water partition coefficient (Wildman–Crippen LogP) is 1.79. The maximum absolute atomic E-state index is 12.2. The van der Waals surface area contributed by atoms with Crippen molar-refractivity contribution in [1.29, 1.82) is 0 Å². The number of hydrogen-bond acceptors (Lipinski definition) is 4. The first-order valence-electron chi connectivity index (χ1n) is 6.90. The molecule has 0 aromatic heterocycles. The molecule has 1 unspecified atom stereocenters. The molecule has 0 aliphatic heterocycles. The summed E-state index contributed by atoms with van der Waals surface area (Å²) < 4.78 is 11.1. The Morgan fingerprint density at radius 3 is 2.50 bits per heavy atom. The second-order valence-corrected chi connectivity index (χ2v) is 4.42. The van der Waals surface area contributed by atoms with Gasteiger partial charge < -0.3 is 20.1 Å². The second-order valence-electron chi connectivity index (χ2n) is 4.42. The Morgan fingerprint density at radius 2 is 2.00 bits per heavy atom. The summed E-state index contributed by atoms with van der Waals surface area (Å²) >= 11 is 0. The summed E-state index contributed by atoms with van der Waals surface area (Å²) in [4.78, 5) is 14.0. The number of carbonyl (C=O) groups excluding carboxylic acids is 1. The first-order valence-corrected chi connectivity index (χ1v) is 6.90. The molecule has 1 amide bonds. The minimum Gasteiger partial charge on any atom is -0.493 e. The van der Waals surface area contributed by atoms with Gasteiger partial charge in [0.1, 0.15) is 0 Å². The van der Waals surface area contributed by atoms with E-state index in [4.69, 9.17) is 15.2 Å². The molecule has 0 saturated carbocycles. The van der Waals surface area contributed by atoms with Crippen molar-refractivity contribution < 1.29 is 14.3 Å². The molecular formula is C15H24N2O3. The number of carbonyl (C=O) groups is 1. The molecular weight excluding hydrogens is 256 g/mol. The number of benzene rings is 1. The van der Waals surface area contributed by atoms with Crippen molar-refractivity contribution >= 4 is 5.91 Å². The molecule has 1 aromatic carbocycles. The summed E-state index contributed by atoms with van der Waals surface area (Å²) in [5, 5.41) is 0. The Hall–Kier alpha value is -1.75. The van der Waals surface area contributed by atoms with Crippen molar-refractivity contribution in [1.82, 2.24) is 4.90 Å². The quantitative estimate of drug-likeness (QED) is 0.827. The van der Waals surface area contributed by atoms with E-state index in [1.165, 1.54) is 0 Å². The fraction of sp³-hybridized carbons (Fsp3) is 0.533. The topological polar surface area (TPSA) is 64.8 Å². The first-order chi connectivity index (χ1) is 9.58. The fourth-order valence-electron chi connectivity index (χ4n) is 2.04. The third kappa shape index (κ3) is 3.63. The lowest BCUT2D eigenvalue weighted by molar-refractivity contribution is -0.137. The monoisotopic (exact) mass is 280 g/mol. The number of rotatable bonds is 7. The Balaban J connectivity index is 2.94. The maximum atomic E-state index is 12.2. The number of para-hydroxylation sites is 1. The molecule has 0 spiro atoms. The molecule has 2 N–H and O–H groups in total. The molecule has 0 bridgehead atoms. The van der Waals surface area contributed by atoms with Crippen LogP contribution >= 0.6 is 0 Å². The third-order valence-corrected chi connectivity index (χ3v) is 3.22. The van der Waals surface area contributed by atoms with Crippen LogP contribution in [-0.2, 0) is 11.3 Å². The average Bonchev–Trinajstić information content (AvgIpc) is 2.48. The minimum atomic E-state index is -0.573. The highest BCUT2D eigenvalue weighted by molar-refractivity contribution is 5.81. The van der Waals surface area contributed by atoms with Crippen molar-refractivity contribution in [2.24, 2.45) is 5.73 Å². The highest BCUT2D eigenvalue weighted by atomic mass is 16.5. The summed E-state index contributed by atoms with van der Waals surface area (Å²) in [5.74, 6) is 1.10. The van der Waals surface area contributed by atoms with Gasteiger partial charge in [-0.25, -0.2) is 0 Å². The molecule has 1 atom stereocenters. The first kappa shape index (κ1) is 16.3. The smallest absolute Gasteiger partial charge is 0.263 e. The number of likely N-dealkylation sites (N-methyl/N-ethyl adjacent to an activating group) is 1. The van der Waals surface area contributed by atoms with Crippen LogP contribution in [0.3, 0.4) is 0 Å². The second kappa shape index (κ2) is 7.75. The van der Waals surface area contributed by atoms with Gasteiger partial charge >= 0.3 is 0 Å². The minimum absolute atomic E-state index is 0.0381. The summed E-state index contributed by atoms with van der Waals surface area (Å²) in [7, 11) is 1.57. The number of methoxy groups -OCH3 is 1. The lowest BCUT2D eigenvalue weighted by atomic mass is 10.2. The summed E-state index contributed by atoms with van der Waals surface area (Å²) in [6.45, 7) is 7.30. The Bertz CT molecular complexity index is 422. The van der Waals surface area contributed by atoms with Crippen LogP contribution in [0.2, 0.25) is 0 Å². The molecule has 5 nitrogen and oxygen atoms in total. The van der Waals surface area contributed by atoms with E-state index in [9.17, 15) is 4.79 Å². The highest BCUT2D eigenvalue weighted by Crippen LogP contribution is 2.31. The molecule has 1 rings (SSSR count). The van der Waals surface area contributed by atoms with E-state index in [0.29, 0.717) is 31.1 Å². The molecule has 0 aliphatic carbocycles.